The lowest BCUT2D eigenvalue weighted by atomic mass is 9.93. The molecule has 2 unspecified atom stereocenters. The highest BCUT2D eigenvalue weighted by Gasteiger charge is 2.31. The number of nitriles is 1. The summed E-state index contributed by atoms with van der Waals surface area (Å²) in [5, 5.41) is 12.1. The van der Waals surface area contributed by atoms with E-state index in [1.54, 1.807) is 6.07 Å². The van der Waals surface area contributed by atoms with Gasteiger partial charge in [-0.15, -0.1) is 11.3 Å². The topological polar surface area (TPSA) is 45.0 Å². The molecule has 0 aromatic carbocycles. The maximum atomic E-state index is 12.1. The highest BCUT2D eigenvalue weighted by molar-refractivity contribution is 7.12. The summed E-state index contributed by atoms with van der Waals surface area (Å²) in [5.41, 5.74) is 0. The molecular formula is C14H17F3N2OS. The Labute approximate surface area is 125 Å². The van der Waals surface area contributed by atoms with Crippen molar-refractivity contribution in [3.8, 4) is 6.07 Å². The molecule has 0 bridgehead atoms. The predicted molar refractivity (Wildman–Crippen MR) is 73.9 cm³/mol. The Balaban J connectivity index is 1.75. The molecule has 1 aliphatic rings. The molecule has 1 fully saturated rings. The second kappa shape index (κ2) is 7.25. The van der Waals surface area contributed by atoms with Gasteiger partial charge in [-0.3, -0.25) is 0 Å². The third-order valence-electron chi connectivity index (χ3n) is 3.45. The van der Waals surface area contributed by atoms with Gasteiger partial charge in [0, 0.05) is 17.5 Å². The lowest BCUT2D eigenvalue weighted by Gasteiger charge is -2.30. The van der Waals surface area contributed by atoms with Crippen molar-refractivity contribution in [1.82, 2.24) is 5.32 Å². The van der Waals surface area contributed by atoms with Crippen LogP contribution in [-0.4, -0.2) is 24.9 Å². The first-order valence-corrected chi connectivity index (χ1v) is 7.68. The minimum Gasteiger partial charge on any atom is -0.369 e. The van der Waals surface area contributed by atoms with Crippen LogP contribution in [0, 0.1) is 11.3 Å². The fourth-order valence-corrected chi connectivity index (χ4v) is 3.23. The van der Waals surface area contributed by atoms with Crippen molar-refractivity contribution in [1.29, 1.82) is 5.26 Å². The summed E-state index contributed by atoms with van der Waals surface area (Å²) in [6, 6.07) is 5.93. The van der Waals surface area contributed by atoms with Crippen molar-refractivity contribution >= 4 is 11.3 Å². The van der Waals surface area contributed by atoms with Crippen LogP contribution in [0.5, 0.6) is 0 Å². The number of hydrogen-bond acceptors (Lipinski definition) is 4. The molecule has 21 heavy (non-hydrogen) atoms. The van der Waals surface area contributed by atoms with Gasteiger partial charge in [-0.05, 0) is 37.8 Å². The van der Waals surface area contributed by atoms with E-state index in [1.165, 1.54) is 11.3 Å². The molecule has 1 aromatic rings. The van der Waals surface area contributed by atoms with E-state index >= 15 is 0 Å². The molecule has 7 heteroatoms. The average Bonchev–Trinajstić information content (AvgIpc) is 2.91. The smallest absolute Gasteiger partial charge is 0.369 e. The van der Waals surface area contributed by atoms with Gasteiger partial charge >= 0.3 is 6.18 Å². The maximum Gasteiger partial charge on any atom is 0.411 e. The highest BCUT2D eigenvalue weighted by Crippen LogP contribution is 2.25. The van der Waals surface area contributed by atoms with Crippen molar-refractivity contribution in [3.05, 3.63) is 21.9 Å². The van der Waals surface area contributed by atoms with Crippen LogP contribution in [0.1, 0.15) is 35.4 Å². The molecule has 1 saturated carbocycles. The third kappa shape index (κ3) is 5.65. The Morgan fingerprint density at radius 1 is 1.38 bits per heavy atom. The van der Waals surface area contributed by atoms with E-state index in [9.17, 15) is 13.2 Å². The van der Waals surface area contributed by atoms with Gasteiger partial charge in [-0.25, -0.2) is 0 Å². The first-order valence-electron chi connectivity index (χ1n) is 6.87. The van der Waals surface area contributed by atoms with Crippen molar-refractivity contribution < 1.29 is 17.9 Å². The van der Waals surface area contributed by atoms with Crippen LogP contribution >= 0.6 is 11.3 Å². The first kappa shape index (κ1) is 16.3. The zero-order valence-corrected chi connectivity index (χ0v) is 12.3. The quantitative estimate of drug-likeness (QED) is 0.902. The standard InChI is InChI=1S/C14H17F3N2OS/c15-14(16,17)9-20-11-3-1-2-10(6-11)19-8-13-5-4-12(7-18)21-13/h4-5,10-11,19H,1-3,6,8-9H2. The summed E-state index contributed by atoms with van der Waals surface area (Å²) in [5.74, 6) is 0. The van der Waals surface area contributed by atoms with Gasteiger partial charge in [-0.1, -0.05) is 0 Å². The van der Waals surface area contributed by atoms with E-state index in [1.807, 2.05) is 6.07 Å². The van der Waals surface area contributed by atoms with Crippen molar-refractivity contribution in [2.75, 3.05) is 6.61 Å². The fourth-order valence-electron chi connectivity index (χ4n) is 2.47. The summed E-state index contributed by atoms with van der Waals surface area (Å²) in [4.78, 5) is 1.73. The van der Waals surface area contributed by atoms with Crippen LogP contribution in [0.2, 0.25) is 0 Å². The number of thiophene rings is 1. The lowest BCUT2D eigenvalue weighted by Crippen LogP contribution is -2.37. The van der Waals surface area contributed by atoms with Crippen LogP contribution in [-0.2, 0) is 11.3 Å². The predicted octanol–water partition coefficient (Wildman–Crippen LogP) is 3.60. The largest absolute Gasteiger partial charge is 0.411 e. The number of rotatable bonds is 5. The fraction of sp³-hybridized carbons (Fsp3) is 0.643. The van der Waals surface area contributed by atoms with Crippen LogP contribution < -0.4 is 5.32 Å². The second-order valence-corrected chi connectivity index (χ2v) is 6.34. The first-order chi connectivity index (χ1) is 9.96. The zero-order valence-electron chi connectivity index (χ0n) is 11.4. The summed E-state index contributed by atoms with van der Waals surface area (Å²) in [6.07, 6.45) is -1.48. The molecule has 2 rings (SSSR count). The van der Waals surface area contributed by atoms with Gasteiger partial charge in [0.25, 0.3) is 0 Å². The summed E-state index contributed by atoms with van der Waals surface area (Å²) in [6.45, 7) is -0.524. The maximum absolute atomic E-state index is 12.1. The molecule has 1 aliphatic carbocycles. The third-order valence-corrected chi connectivity index (χ3v) is 4.44. The Morgan fingerprint density at radius 2 is 2.19 bits per heavy atom. The van der Waals surface area contributed by atoms with Gasteiger partial charge in [0.1, 0.15) is 17.6 Å². The molecular weight excluding hydrogens is 301 g/mol. The average molecular weight is 318 g/mol. The van der Waals surface area contributed by atoms with Gasteiger partial charge < -0.3 is 10.1 Å². The Hall–Kier alpha value is -1.10. The van der Waals surface area contributed by atoms with Crippen LogP contribution in [0.25, 0.3) is 0 Å². The van der Waals surface area contributed by atoms with Gasteiger partial charge in [0.2, 0.25) is 0 Å². The Morgan fingerprint density at radius 3 is 2.86 bits per heavy atom. The number of nitrogens with one attached hydrogen (secondary N) is 1. The SMILES string of the molecule is N#Cc1ccc(CNC2CCCC(OCC(F)(F)F)C2)s1. The molecule has 0 spiro atoms. The van der Waals surface area contributed by atoms with Crippen molar-refractivity contribution in [3.63, 3.8) is 0 Å². The monoisotopic (exact) mass is 318 g/mol. The minimum atomic E-state index is -4.26. The number of nitrogens with zero attached hydrogens (tertiary/aromatic N) is 1. The van der Waals surface area contributed by atoms with E-state index in [0.717, 1.165) is 17.7 Å². The second-order valence-electron chi connectivity index (χ2n) is 5.17. The molecule has 2 atom stereocenters. The van der Waals surface area contributed by atoms with Crippen LogP contribution in [0.3, 0.4) is 0 Å². The molecule has 3 nitrogen and oxygen atoms in total. The van der Waals surface area contributed by atoms with E-state index < -0.39 is 12.8 Å². The van der Waals surface area contributed by atoms with Crippen LogP contribution in [0.4, 0.5) is 13.2 Å². The molecule has 0 amide bonds. The van der Waals surface area contributed by atoms with Crippen LogP contribution in [0.15, 0.2) is 12.1 Å². The Bertz CT molecular complexity index is 495. The van der Waals surface area contributed by atoms with Gasteiger partial charge in [0.15, 0.2) is 0 Å². The normalized spacial score (nSPS) is 23.0. The molecule has 1 N–H and O–H groups in total. The molecule has 1 aromatic heterocycles. The zero-order chi connectivity index (χ0) is 15.3. The lowest BCUT2D eigenvalue weighted by molar-refractivity contribution is -0.188. The Kier molecular flexibility index (Phi) is 5.62. The molecule has 116 valence electrons. The molecule has 1 heterocycles. The van der Waals surface area contributed by atoms with E-state index in [4.69, 9.17) is 10.00 Å². The number of halogens is 3. The summed E-state index contributed by atoms with van der Waals surface area (Å²) < 4.78 is 41.4. The summed E-state index contributed by atoms with van der Waals surface area (Å²) >= 11 is 1.43. The minimum absolute atomic E-state index is 0.171. The van der Waals surface area contributed by atoms with E-state index in [0.29, 0.717) is 24.3 Å². The molecule has 0 saturated heterocycles. The van der Waals surface area contributed by atoms with E-state index in [2.05, 4.69) is 11.4 Å². The van der Waals surface area contributed by atoms with E-state index in [-0.39, 0.29) is 12.1 Å². The number of hydrogen-bond donors (Lipinski definition) is 1. The van der Waals surface area contributed by atoms with Crippen molar-refractivity contribution in [2.24, 2.45) is 0 Å². The molecule has 0 radical (unpaired) electrons. The number of alkyl halides is 3. The van der Waals surface area contributed by atoms with Crippen molar-refractivity contribution in [2.45, 2.75) is 50.6 Å². The van der Waals surface area contributed by atoms with Gasteiger partial charge in [0.05, 0.1) is 6.10 Å². The highest BCUT2D eigenvalue weighted by atomic mass is 32.1. The molecule has 0 aliphatic heterocycles. The summed E-state index contributed by atoms with van der Waals surface area (Å²) in [7, 11) is 0. The van der Waals surface area contributed by atoms with Gasteiger partial charge in [-0.2, -0.15) is 18.4 Å². The number of ether oxygens (including phenoxy) is 1.